The Labute approximate surface area is 168 Å². The predicted molar refractivity (Wildman–Crippen MR) is 110 cm³/mol. The number of hydrogen-bond acceptors (Lipinski definition) is 5. The maximum Gasteiger partial charge on any atom is 0.277 e. The standard InChI is InChI=1S/C21H21ClN2O2S/c1-13(18(25)14-7-11-17(22)12-8-14)27-20-24-23-19(26-20)15-5-9-16(10-6-15)21(2,3)4/h5-13H,1-4H3/t13-/m1/s1. The number of ketones is 1. The third kappa shape index (κ3) is 4.79. The van der Waals surface area contributed by atoms with Gasteiger partial charge in [-0.2, -0.15) is 0 Å². The summed E-state index contributed by atoms with van der Waals surface area (Å²) >= 11 is 7.12. The lowest BCUT2D eigenvalue weighted by atomic mass is 9.87. The molecule has 0 N–H and O–H groups in total. The van der Waals surface area contributed by atoms with E-state index < -0.39 is 0 Å². The van der Waals surface area contributed by atoms with E-state index in [-0.39, 0.29) is 16.4 Å². The number of aromatic nitrogens is 2. The van der Waals surface area contributed by atoms with Crippen LogP contribution in [0.15, 0.2) is 58.2 Å². The van der Waals surface area contributed by atoms with Crippen LogP contribution in [-0.2, 0) is 5.41 Å². The maximum absolute atomic E-state index is 12.5. The quantitative estimate of drug-likeness (QED) is 0.385. The van der Waals surface area contributed by atoms with Gasteiger partial charge in [-0.1, -0.05) is 56.3 Å². The lowest BCUT2D eigenvalue weighted by Crippen LogP contribution is -2.13. The Morgan fingerprint density at radius 1 is 1.04 bits per heavy atom. The van der Waals surface area contributed by atoms with Crippen molar-refractivity contribution >= 4 is 29.1 Å². The zero-order valence-corrected chi connectivity index (χ0v) is 17.3. The van der Waals surface area contributed by atoms with Crippen molar-refractivity contribution in [2.75, 3.05) is 0 Å². The normalized spacial score (nSPS) is 12.8. The highest BCUT2D eigenvalue weighted by Crippen LogP contribution is 2.29. The van der Waals surface area contributed by atoms with E-state index in [1.54, 1.807) is 24.3 Å². The molecule has 0 unspecified atom stereocenters. The van der Waals surface area contributed by atoms with Crippen LogP contribution < -0.4 is 0 Å². The summed E-state index contributed by atoms with van der Waals surface area (Å²) in [7, 11) is 0. The van der Waals surface area contributed by atoms with Gasteiger partial charge in [0.25, 0.3) is 5.22 Å². The highest BCUT2D eigenvalue weighted by molar-refractivity contribution is 8.00. The molecule has 1 atom stereocenters. The van der Waals surface area contributed by atoms with Gasteiger partial charge in [0.15, 0.2) is 5.78 Å². The van der Waals surface area contributed by atoms with Gasteiger partial charge in [0.05, 0.1) is 5.25 Å². The Bertz CT molecular complexity index is 928. The molecule has 0 aliphatic rings. The molecule has 0 spiro atoms. The molecule has 0 radical (unpaired) electrons. The van der Waals surface area contributed by atoms with Crippen molar-refractivity contribution in [3.63, 3.8) is 0 Å². The SMILES string of the molecule is C[C@@H](Sc1nnc(-c2ccc(C(C)(C)C)cc2)o1)C(=O)c1ccc(Cl)cc1. The van der Waals surface area contributed by atoms with Crippen LogP contribution in [-0.4, -0.2) is 21.2 Å². The highest BCUT2D eigenvalue weighted by atomic mass is 35.5. The molecule has 0 saturated heterocycles. The minimum absolute atomic E-state index is 0.00838. The fourth-order valence-electron chi connectivity index (χ4n) is 2.54. The molecule has 1 heterocycles. The van der Waals surface area contributed by atoms with E-state index in [0.717, 1.165) is 5.56 Å². The molecule has 0 amide bonds. The first kappa shape index (κ1) is 19.6. The van der Waals surface area contributed by atoms with Crippen molar-refractivity contribution in [3.05, 3.63) is 64.7 Å². The molecule has 0 aliphatic heterocycles. The van der Waals surface area contributed by atoms with Crippen LogP contribution in [0.5, 0.6) is 0 Å². The number of halogens is 1. The second-order valence-corrected chi connectivity index (χ2v) is 9.06. The van der Waals surface area contributed by atoms with Crippen molar-refractivity contribution in [3.8, 4) is 11.5 Å². The smallest absolute Gasteiger partial charge is 0.277 e. The number of carbonyl (C=O) groups excluding carboxylic acids is 1. The van der Waals surface area contributed by atoms with Crippen molar-refractivity contribution in [2.45, 2.75) is 43.6 Å². The second-order valence-electron chi connectivity index (χ2n) is 7.33. The molecule has 2 aromatic carbocycles. The Balaban J connectivity index is 1.70. The number of Topliss-reactive ketones (excluding diaryl/α,β-unsaturated/α-hetero) is 1. The van der Waals surface area contributed by atoms with Gasteiger partial charge in [-0.25, -0.2) is 0 Å². The van der Waals surface area contributed by atoms with Crippen LogP contribution in [0.4, 0.5) is 0 Å². The summed E-state index contributed by atoms with van der Waals surface area (Å²) in [6.07, 6.45) is 0. The third-order valence-electron chi connectivity index (χ3n) is 4.18. The Hall–Kier alpha value is -2.11. The predicted octanol–water partition coefficient (Wildman–Crippen LogP) is 6.05. The fraction of sp³-hybridized carbons (Fsp3) is 0.286. The second kappa shape index (κ2) is 7.87. The van der Waals surface area contributed by atoms with Crippen LogP contribution >= 0.6 is 23.4 Å². The first-order valence-electron chi connectivity index (χ1n) is 8.65. The van der Waals surface area contributed by atoms with E-state index in [1.807, 2.05) is 19.1 Å². The summed E-state index contributed by atoms with van der Waals surface area (Å²) < 4.78 is 5.74. The number of benzene rings is 2. The number of hydrogen-bond donors (Lipinski definition) is 0. The molecule has 0 fully saturated rings. The first-order valence-corrected chi connectivity index (χ1v) is 9.90. The van der Waals surface area contributed by atoms with Crippen molar-refractivity contribution in [2.24, 2.45) is 0 Å². The van der Waals surface area contributed by atoms with E-state index in [0.29, 0.717) is 21.7 Å². The van der Waals surface area contributed by atoms with Gasteiger partial charge in [-0.05, 0) is 54.3 Å². The van der Waals surface area contributed by atoms with Crippen LogP contribution in [0, 0.1) is 0 Å². The number of thioether (sulfide) groups is 1. The van der Waals surface area contributed by atoms with Crippen molar-refractivity contribution in [1.29, 1.82) is 0 Å². The number of carbonyl (C=O) groups is 1. The molecule has 27 heavy (non-hydrogen) atoms. The molecular weight excluding hydrogens is 380 g/mol. The van der Waals surface area contributed by atoms with Gasteiger partial charge in [-0.3, -0.25) is 4.79 Å². The number of rotatable bonds is 5. The van der Waals surface area contributed by atoms with Crippen LogP contribution in [0.25, 0.3) is 11.5 Å². The Morgan fingerprint density at radius 2 is 1.67 bits per heavy atom. The zero-order valence-electron chi connectivity index (χ0n) is 15.7. The molecule has 4 nitrogen and oxygen atoms in total. The molecular formula is C21H21ClN2O2S. The summed E-state index contributed by atoms with van der Waals surface area (Å²) in [4.78, 5) is 12.5. The van der Waals surface area contributed by atoms with Crippen LogP contribution in [0.1, 0.15) is 43.6 Å². The Kier molecular flexibility index (Phi) is 5.72. The van der Waals surface area contributed by atoms with E-state index in [9.17, 15) is 4.79 Å². The zero-order chi connectivity index (χ0) is 19.6. The third-order valence-corrected chi connectivity index (χ3v) is 5.37. The van der Waals surface area contributed by atoms with E-state index in [4.69, 9.17) is 16.0 Å². The lowest BCUT2D eigenvalue weighted by molar-refractivity contribution is 0.0993. The maximum atomic E-state index is 12.5. The Morgan fingerprint density at radius 3 is 2.26 bits per heavy atom. The minimum atomic E-state index is -0.345. The van der Waals surface area contributed by atoms with Crippen molar-refractivity contribution in [1.82, 2.24) is 10.2 Å². The van der Waals surface area contributed by atoms with E-state index >= 15 is 0 Å². The van der Waals surface area contributed by atoms with E-state index in [1.165, 1.54) is 17.3 Å². The molecule has 0 aliphatic carbocycles. The largest absolute Gasteiger partial charge is 0.411 e. The topological polar surface area (TPSA) is 56.0 Å². The number of nitrogens with zero attached hydrogens (tertiary/aromatic N) is 2. The summed E-state index contributed by atoms with van der Waals surface area (Å²) in [5, 5.41) is 8.81. The minimum Gasteiger partial charge on any atom is -0.411 e. The van der Waals surface area contributed by atoms with Gasteiger partial charge < -0.3 is 4.42 Å². The summed E-state index contributed by atoms with van der Waals surface area (Å²) in [6.45, 7) is 8.33. The fourth-order valence-corrected chi connectivity index (χ4v) is 3.43. The molecule has 140 valence electrons. The first-order chi connectivity index (χ1) is 12.7. The van der Waals surface area contributed by atoms with Gasteiger partial charge in [0.2, 0.25) is 5.89 Å². The molecule has 0 saturated carbocycles. The van der Waals surface area contributed by atoms with Crippen molar-refractivity contribution < 1.29 is 9.21 Å². The summed E-state index contributed by atoms with van der Waals surface area (Å²) in [6, 6.07) is 14.9. The monoisotopic (exact) mass is 400 g/mol. The van der Waals surface area contributed by atoms with Crippen LogP contribution in [0.3, 0.4) is 0 Å². The highest BCUT2D eigenvalue weighted by Gasteiger charge is 2.20. The summed E-state index contributed by atoms with van der Waals surface area (Å²) in [5.74, 6) is 0.440. The molecule has 0 bridgehead atoms. The van der Waals surface area contributed by atoms with Crippen LogP contribution in [0.2, 0.25) is 5.02 Å². The average Bonchev–Trinajstić information content (AvgIpc) is 3.09. The lowest BCUT2D eigenvalue weighted by Gasteiger charge is -2.18. The molecule has 3 rings (SSSR count). The van der Waals surface area contributed by atoms with Gasteiger partial charge in [0, 0.05) is 16.1 Å². The average molecular weight is 401 g/mol. The van der Waals surface area contributed by atoms with Gasteiger partial charge in [-0.15, -0.1) is 10.2 Å². The van der Waals surface area contributed by atoms with Gasteiger partial charge in [0.1, 0.15) is 0 Å². The molecule has 3 aromatic rings. The van der Waals surface area contributed by atoms with Gasteiger partial charge >= 0.3 is 0 Å². The molecule has 6 heteroatoms. The van der Waals surface area contributed by atoms with E-state index in [2.05, 4.69) is 43.1 Å². The summed E-state index contributed by atoms with van der Waals surface area (Å²) in [5.41, 5.74) is 2.80. The molecule has 1 aromatic heterocycles.